The summed E-state index contributed by atoms with van der Waals surface area (Å²) < 4.78 is 9.93. The van der Waals surface area contributed by atoms with Gasteiger partial charge in [0.2, 0.25) is 0 Å². The summed E-state index contributed by atoms with van der Waals surface area (Å²) in [5, 5.41) is 17.7. The Bertz CT molecular complexity index is 594. The van der Waals surface area contributed by atoms with Gasteiger partial charge in [-0.1, -0.05) is 5.16 Å². The van der Waals surface area contributed by atoms with E-state index in [9.17, 15) is 10.1 Å². The number of aryl methyl sites for hydroxylation is 1. The van der Waals surface area contributed by atoms with Crippen LogP contribution in [-0.2, 0) is 6.54 Å². The summed E-state index contributed by atoms with van der Waals surface area (Å²) in [4.78, 5) is 10.3. The molecule has 0 bridgehead atoms. The Balaban J connectivity index is 2.11. The predicted octanol–water partition coefficient (Wildman–Crippen LogP) is 2.51. The van der Waals surface area contributed by atoms with Crippen molar-refractivity contribution < 1.29 is 14.2 Å². The highest BCUT2D eigenvalue weighted by Gasteiger charge is 2.14. The van der Waals surface area contributed by atoms with E-state index in [4.69, 9.17) is 9.26 Å². The molecule has 1 aromatic heterocycles. The zero-order valence-electron chi connectivity index (χ0n) is 10.5. The van der Waals surface area contributed by atoms with Gasteiger partial charge in [0.05, 0.1) is 18.6 Å². The molecule has 0 unspecified atom stereocenters. The fourth-order valence-corrected chi connectivity index (χ4v) is 1.63. The smallest absolute Gasteiger partial charge is 0.311 e. The van der Waals surface area contributed by atoms with Crippen molar-refractivity contribution in [2.45, 2.75) is 13.5 Å². The maximum Gasteiger partial charge on any atom is 0.311 e. The van der Waals surface area contributed by atoms with Crippen molar-refractivity contribution in [2.24, 2.45) is 0 Å². The van der Waals surface area contributed by atoms with Crippen LogP contribution >= 0.6 is 0 Å². The molecule has 0 radical (unpaired) electrons. The lowest BCUT2D eigenvalue weighted by Crippen LogP contribution is -2.01. The second-order valence-corrected chi connectivity index (χ2v) is 3.93. The molecular weight excluding hydrogens is 250 g/mol. The minimum Gasteiger partial charge on any atom is -0.490 e. The first kappa shape index (κ1) is 12.9. The molecule has 0 saturated heterocycles. The van der Waals surface area contributed by atoms with Crippen molar-refractivity contribution in [1.82, 2.24) is 5.16 Å². The number of rotatable bonds is 5. The first-order valence-corrected chi connectivity index (χ1v) is 5.58. The second-order valence-electron chi connectivity index (χ2n) is 3.93. The van der Waals surface area contributed by atoms with Crippen LogP contribution in [0.4, 0.5) is 11.4 Å². The lowest BCUT2D eigenvalue weighted by Gasteiger charge is -2.06. The number of aromatic nitrogens is 1. The predicted molar refractivity (Wildman–Crippen MR) is 68.2 cm³/mol. The van der Waals surface area contributed by atoms with E-state index in [0.29, 0.717) is 12.2 Å². The molecule has 0 fully saturated rings. The Kier molecular flexibility index (Phi) is 3.65. The normalized spacial score (nSPS) is 10.2. The van der Waals surface area contributed by atoms with Crippen LogP contribution < -0.4 is 10.1 Å². The molecule has 1 aromatic carbocycles. The Morgan fingerprint density at radius 3 is 2.84 bits per heavy atom. The molecule has 1 N–H and O–H groups in total. The molecule has 0 atom stereocenters. The number of anilines is 1. The van der Waals surface area contributed by atoms with Gasteiger partial charge in [-0.05, 0) is 13.0 Å². The number of ether oxygens (including phenoxy) is 1. The van der Waals surface area contributed by atoms with E-state index in [0.717, 1.165) is 11.5 Å². The molecule has 0 aliphatic rings. The van der Waals surface area contributed by atoms with Gasteiger partial charge in [0, 0.05) is 23.9 Å². The van der Waals surface area contributed by atoms with Crippen molar-refractivity contribution in [3.8, 4) is 5.75 Å². The fourth-order valence-electron chi connectivity index (χ4n) is 1.63. The molecule has 0 amide bonds. The number of benzene rings is 1. The second kappa shape index (κ2) is 5.38. The van der Waals surface area contributed by atoms with Crippen LogP contribution in [0.3, 0.4) is 0 Å². The third kappa shape index (κ3) is 3.01. The van der Waals surface area contributed by atoms with Gasteiger partial charge in [-0.3, -0.25) is 10.1 Å². The number of nitro benzene ring substituents is 1. The van der Waals surface area contributed by atoms with Gasteiger partial charge in [-0.25, -0.2) is 0 Å². The summed E-state index contributed by atoms with van der Waals surface area (Å²) in [6.07, 6.45) is 0. The first-order valence-electron chi connectivity index (χ1n) is 5.58. The molecule has 100 valence electrons. The van der Waals surface area contributed by atoms with Crippen LogP contribution in [0.15, 0.2) is 28.8 Å². The maximum atomic E-state index is 10.8. The van der Waals surface area contributed by atoms with Crippen LogP contribution in [0.5, 0.6) is 5.75 Å². The quantitative estimate of drug-likeness (QED) is 0.658. The molecule has 2 rings (SSSR count). The van der Waals surface area contributed by atoms with E-state index in [1.54, 1.807) is 12.1 Å². The highest BCUT2D eigenvalue weighted by molar-refractivity contribution is 5.57. The van der Waals surface area contributed by atoms with E-state index in [2.05, 4.69) is 10.5 Å². The molecule has 0 spiro atoms. The molecule has 1 heterocycles. The highest BCUT2D eigenvalue weighted by Crippen LogP contribution is 2.29. The standard InChI is InChI=1S/C12H13N3O4/c1-8-5-10(14-19-8)7-13-9-3-4-11(15(16)17)12(6-9)18-2/h3-6,13H,7H2,1-2H3. The summed E-state index contributed by atoms with van der Waals surface area (Å²) in [7, 11) is 1.40. The largest absolute Gasteiger partial charge is 0.490 e. The van der Waals surface area contributed by atoms with Gasteiger partial charge < -0.3 is 14.6 Å². The average molecular weight is 263 g/mol. The van der Waals surface area contributed by atoms with Gasteiger partial charge in [0.1, 0.15) is 11.5 Å². The number of hydrogen-bond donors (Lipinski definition) is 1. The lowest BCUT2D eigenvalue weighted by molar-refractivity contribution is -0.385. The summed E-state index contributed by atoms with van der Waals surface area (Å²) in [5.74, 6) is 0.949. The highest BCUT2D eigenvalue weighted by atomic mass is 16.6. The Morgan fingerprint density at radius 2 is 2.26 bits per heavy atom. The monoisotopic (exact) mass is 263 g/mol. The third-order valence-electron chi connectivity index (χ3n) is 2.53. The Labute approximate surface area is 109 Å². The van der Waals surface area contributed by atoms with Crippen LogP contribution in [-0.4, -0.2) is 17.2 Å². The third-order valence-corrected chi connectivity index (χ3v) is 2.53. The summed E-state index contributed by atoms with van der Waals surface area (Å²) in [5.41, 5.74) is 1.41. The maximum absolute atomic E-state index is 10.8. The van der Waals surface area contributed by atoms with Gasteiger partial charge >= 0.3 is 5.69 Å². The number of hydrogen-bond acceptors (Lipinski definition) is 6. The molecule has 7 nitrogen and oxygen atoms in total. The van der Waals surface area contributed by atoms with E-state index < -0.39 is 4.92 Å². The molecule has 19 heavy (non-hydrogen) atoms. The van der Waals surface area contributed by atoms with Crippen molar-refractivity contribution in [3.63, 3.8) is 0 Å². The van der Waals surface area contributed by atoms with Crippen LogP contribution in [0.1, 0.15) is 11.5 Å². The molecule has 0 aliphatic carbocycles. The SMILES string of the molecule is COc1cc(NCc2cc(C)on2)ccc1[N+](=O)[O-]. The number of methoxy groups -OCH3 is 1. The molecule has 7 heteroatoms. The topological polar surface area (TPSA) is 90.4 Å². The Hall–Kier alpha value is -2.57. The molecule has 2 aromatic rings. The van der Waals surface area contributed by atoms with Crippen molar-refractivity contribution in [1.29, 1.82) is 0 Å². The summed E-state index contributed by atoms with van der Waals surface area (Å²) >= 11 is 0. The first-order chi connectivity index (χ1) is 9.10. The van der Waals surface area contributed by atoms with E-state index >= 15 is 0 Å². The van der Waals surface area contributed by atoms with E-state index in [1.165, 1.54) is 13.2 Å². The summed E-state index contributed by atoms with van der Waals surface area (Å²) in [6.45, 7) is 2.28. The van der Waals surface area contributed by atoms with Crippen LogP contribution in [0.25, 0.3) is 0 Å². The van der Waals surface area contributed by atoms with E-state index in [1.807, 2.05) is 13.0 Å². The van der Waals surface area contributed by atoms with Gasteiger partial charge in [-0.15, -0.1) is 0 Å². The molecule has 0 saturated carbocycles. The lowest BCUT2D eigenvalue weighted by atomic mass is 10.2. The van der Waals surface area contributed by atoms with Gasteiger partial charge in [0.25, 0.3) is 0 Å². The molecular formula is C12H13N3O4. The van der Waals surface area contributed by atoms with Crippen LogP contribution in [0.2, 0.25) is 0 Å². The van der Waals surface area contributed by atoms with Crippen LogP contribution in [0, 0.1) is 17.0 Å². The van der Waals surface area contributed by atoms with Crippen molar-refractivity contribution in [2.75, 3.05) is 12.4 Å². The van der Waals surface area contributed by atoms with Gasteiger partial charge in [0.15, 0.2) is 5.75 Å². The van der Waals surface area contributed by atoms with Crippen molar-refractivity contribution in [3.05, 3.63) is 45.8 Å². The van der Waals surface area contributed by atoms with Crippen molar-refractivity contribution >= 4 is 11.4 Å². The van der Waals surface area contributed by atoms with E-state index in [-0.39, 0.29) is 11.4 Å². The minimum atomic E-state index is -0.483. The molecule has 0 aliphatic heterocycles. The summed E-state index contributed by atoms with van der Waals surface area (Å²) in [6, 6.07) is 6.41. The number of nitrogens with one attached hydrogen (secondary N) is 1. The Morgan fingerprint density at radius 1 is 1.47 bits per heavy atom. The zero-order valence-corrected chi connectivity index (χ0v) is 10.5. The fraction of sp³-hybridized carbons (Fsp3) is 0.250. The van der Waals surface area contributed by atoms with Gasteiger partial charge in [-0.2, -0.15) is 0 Å². The average Bonchev–Trinajstić information content (AvgIpc) is 2.81. The number of nitrogens with zero attached hydrogens (tertiary/aromatic N) is 2. The number of nitro groups is 1. The minimum absolute atomic E-state index is 0.0645. The zero-order chi connectivity index (χ0) is 13.8.